The molecular weight excluding hydrogens is 356 g/mol. The van der Waals surface area contributed by atoms with Crippen LogP contribution in [-0.4, -0.2) is 26.8 Å². The number of thioether (sulfide) groups is 1. The fraction of sp³-hybridized carbons (Fsp3) is 0.0667. The molecule has 0 fully saturated rings. The van der Waals surface area contributed by atoms with Crippen LogP contribution in [0, 0.1) is 11.3 Å². The number of carboxylic acids is 1. The first-order valence-corrected chi connectivity index (χ1v) is 8.33. The molecule has 0 aliphatic heterocycles. The van der Waals surface area contributed by atoms with Gasteiger partial charge in [0, 0.05) is 0 Å². The van der Waals surface area contributed by atoms with Crippen molar-refractivity contribution in [2.24, 2.45) is 10.2 Å². The maximum atomic E-state index is 10.8. The van der Waals surface area contributed by atoms with Gasteiger partial charge in [-0.2, -0.15) is 10.4 Å². The minimum absolute atomic E-state index is 0.0301. The number of aromatic carboxylic acids is 1. The molecule has 0 atom stereocenters. The van der Waals surface area contributed by atoms with Crippen LogP contribution in [0.25, 0.3) is 5.65 Å². The maximum Gasteiger partial charge on any atom is 0.188 e. The van der Waals surface area contributed by atoms with Gasteiger partial charge >= 0.3 is 0 Å². The molecule has 130 valence electrons. The van der Waals surface area contributed by atoms with Crippen LogP contribution in [0.5, 0.6) is 0 Å². The predicted molar refractivity (Wildman–Crippen MR) is 93.3 cm³/mol. The molecule has 0 saturated heterocycles. The fourth-order valence-corrected chi connectivity index (χ4v) is 2.86. The summed E-state index contributed by atoms with van der Waals surface area (Å²) in [7, 11) is 0. The number of azo groups is 1. The highest BCUT2D eigenvalue weighted by atomic mass is 32.2. The lowest BCUT2D eigenvalue weighted by Crippen LogP contribution is -2.21. The summed E-state index contributed by atoms with van der Waals surface area (Å²) >= 11 is 1.27. The van der Waals surface area contributed by atoms with Gasteiger partial charge in [0.1, 0.15) is 22.5 Å². The Morgan fingerprint density at radius 2 is 1.96 bits per heavy atom. The van der Waals surface area contributed by atoms with E-state index in [2.05, 4.69) is 20.3 Å². The summed E-state index contributed by atoms with van der Waals surface area (Å²) in [5, 5.41) is 32.7. The van der Waals surface area contributed by atoms with Gasteiger partial charge in [0.15, 0.2) is 17.2 Å². The van der Waals surface area contributed by atoms with Crippen molar-refractivity contribution in [2.45, 2.75) is 5.03 Å². The first kappa shape index (κ1) is 17.2. The zero-order valence-corrected chi connectivity index (χ0v) is 14.2. The van der Waals surface area contributed by atoms with Gasteiger partial charge in [0.25, 0.3) is 0 Å². The lowest BCUT2D eigenvalue weighted by molar-refractivity contribution is -0.255. The topological polar surface area (TPSA) is 171 Å². The van der Waals surface area contributed by atoms with Crippen LogP contribution in [0.4, 0.5) is 23.0 Å². The molecule has 3 aromatic rings. The quantitative estimate of drug-likeness (QED) is 0.394. The number of hydrogen-bond acceptors (Lipinski definition) is 10. The standard InChI is InChI=1S/C15H12N8O2S/c1-26-14-9(6-16)11(17)19-13-10(12(18)22-23(13)14)21-20-8-4-2-7(3-5-8)15(24)25/h2-5H,1H3,(H2,17,19)(H2,18,22)(H,24,25)/p-1. The molecule has 2 aromatic heterocycles. The molecule has 0 amide bonds. The number of fused-ring (bicyclic) bond motifs is 1. The number of nitrogen functional groups attached to an aromatic ring is 2. The minimum atomic E-state index is -1.28. The van der Waals surface area contributed by atoms with Gasteiger partial charge < -0.3 is 21.4 Å². The molecule has 0 radical (unpaired) electrons. The summed E-state index contributed by atoms with van der Waals surface area (Å²) in [6.07, 6.45) is 1.77. The number of hydrogen-bond donors (Lipinski definition) is 2. The van der Waals surface area contributed by atoms with E-state index in [1.165, 1.54) is 40.5 Å². The summed E-state index contributed by atoms with van der Waals surface area (Å²) in [5.74, 6) is -1.17. The summed E-state index contributed by atoms with van der Waals surface area (Å²) in [6.45, 7) is 0. The third-order valence-corrected chi connectivity index (χ3v) is 4.19. The van der Waals surface area contributed by atoms with E-state index in [4.69, 9.17) is 11.5 Å². The molecule has 3 rings (SSSR count). The average Bonchev–Trinajstić information content (AvgIpc) is 2.94. The van der Waals surface area contributed by atoms with Gasteiger partial charge in [-0.3, -0.25) is 0 Å². The normalized spacial score (nSPS) is 11.1. The monoisotopic (exact) mass is 367 g/mol. The average molecular weight is 367 g/mol. The Labute approximate surface area is 151 Å². The van der Waals surface area contributed by atoms with E-state index >= 15 is 0 Å². The molecule has 0 saturated carbocycles. The van der Waals surface area contributed by atoms with Crippen LogP contribution < -0.4 is 16.6 Å². The third-order valence-electron chi connectivity index (χ3n) is 3.43. The smallest absolute Gasteiger partial charge is 0.188 e. The van der Waals surface area contributed by atoms with Crippen LogP contribution in [-0.2, 0) is 0 Å². The lowest BCUT2D eigenvalue weighted by Gasteiger charge is -2.05. The second-order valence-corrected chi connectivity index (χ2v) is 5.79. The van der Waals surface area contributed by atoms with E-state index in [9.17, 15) is 15.2 Å². The molecule has 0 unspecified atom stereocenters. The SMILES string of the molecule is CSc1c(C#N)c(N)nc2c(N=Nc3ccc(C(=O)[O-])cc3)c(N)nn12. The van der Waals surface area contributed by atoms with Crippen LogP contribution in [0.3, 0.4) is 0 Å². The summed E-state index contributed by atoms with van der Waals surface area (Å²) < 4.78 is 1.39. The van der Waals surface area contributed by atoms with E-state index < -0.39 is 5.97 Å². The van der Waals surface area contributed by atoms with E-state index in [0.717, 1.165) is 0 Å². The van der Waals surface area contributed by atoms with Gasteiger partial charge in [-0.25, -0.2) is 9.50 Å². The maximum absolute atomic E-state index is 10.8. The van der Waals surface area contributed by atoms with Crippen molar-refractivity contribution in [3.8, 4) is 6.07 Å². The predicted octanol–water partition coefficient (Wildman–Crippen LogP) is 1.27. The van der Waals surface area contributed by atoms with Gasteiger partial charge in [-0.1, -0.05) is 12.1 Å². The van der Waals surface area contributed by atoms with E-state index in [1.54, 1.807) is 6.26 Å². The van der Waals surface area contributed by atoms with Crippen molar-refractivity contribution >= 4 is 46.4 Å². The van der Waals surface area contributed by atoms with Gasteiger partial charge in [-0.15, -0.1) is 22.0 Å². The third kappa shape index (κ3) is 2.89. The lowest BCUT2D eigenvalue weighted by atomic mass is 10.2. The van der Waals surface area contributed by atoms with E-state index in [1.807, 2.05) is 6.07 Å². The molecule has 11 heteroatoms. The Bertz CT molecular complexity index is 1080. The summed E-state index contributed by atoms with van der Waals surface area (Å²) in [5.41, 5.74) is 12.8. The second kappa shape index (κ2) is 6.69. The second-order valence-electron chi connectivity index (χ2n) is 5.00. The molecule has 0 aliphatic rings. The van der Waals surface area contributed by atoms with E-state index in [0.29, 0.717) is 10.7 Å². The largest absolute Gasteiger partial charge is 0.545 e. The molecule has 0 bridgehead atoms. The number of benzene rings is 1. The molecule has 0 aliphatic carbocycles. The fourth-order valence-electron chi connectivity index (χ4n) is 2.21. The van der Waals surface area contributed by atoms with Crippen LogP contribution in [0.1, 0.15) is 15.9 Å². The number of anilines is 2. The Hall–Kier alpha value is -3.65. The van der Waals surface area contributed by atoms with Crippen molar-refractivity contribution in [3.63, 3.8) is 0 Å². The number of rotatable bonds is 4. The van der Waals surface area contributed by atoms with Crippen LogP contribution >= 0.6 is 11.8 Å². The zero-order valence-electron chi connectivity index (χ0n) is 13.4. The molecular formula is C15H11N8O2S-. The van der Waals surface area contributed by atoms with Crippen LogP contribution in [0.15, 0.2) is 39.5 Å². The highest BCUT2D eigenvalue weighted by Gasteiger charge is 2.19. The molecule has 0 spiro atoms. The van der Waals surface area contributed by atoms with Crippen molar-refractivity contribution in [2.75, 3.05) is 17.7 Å². The Morgan fingerprint density at radius 1 is 1.27 bits per heavy atom. The Kier molecular flexibility index (Phi) is 4.42. The number of nitrogens with two attached hydrogens (primary N) is 2. The van der Waals surface area contributed by atoms with Gasteiger partial charge in [-0.05, 0) is 24.0 Å². The first-order chi connectivity index (χ1) is 12.5. The highest BCUT2D eigenvalue weighted by Crippen LogP contribution is 2.33. The summed E-state index contributed by atoms with van der Waals surface area (Å²) in [6, 6.07) is 7.64. The number of aromatic nitrogens is 3. The molecule has 1 aromatic carbocycles. The number of nitrogens with zero attached hydrogens (tertiary/aromatic N) is 6. The Balaban J connectivity index is 2.08. The summed E-state index contributed by atoms with van der Waals surface area (Å²) in [4.78, 5) is 14.9. The van der Waals surface area contributed by atoms with Crippen molar-refractivity contribution in [3.05, 3.63) is 35.4 Å². The van der Waals surface area contributed by atoms with Gasteiger partial charge in [0.2, 0.25) is 0 Å². The minimum Gasteiger partial charge on any atom is -0.545 e. The molecule has 4 N–H and O–H groups in total. The first-order valence-electron chi connectivity index (χ1n) is 7.11. The number of carbonyl (C=O) groups is 1. The molecule has 26 heavy (non-hydrogen) atoms. The molecule has 2 heterocycles. The number of carbonyl (C=O) groups excluding carboxylic acids is 1. The molecule has 10 nitrogen and oxygen atoms in total. The zero-order chi connectivity index (χ0) is 18.8. The van der Waals surface area contributed by atoms with Crippen molar-refractivity contribution in [1.29, 1.82) is 5.26 Å². The number of nitriles is 1. The van der Waals surface area contributed by atoms with E-state index in [-0.39, 0.29) is 34.1 Å². The van der Waals surface area contributed by atoms with Crippen molar-refractivity contribution in [1.82, 2.24) is 14.6 Å². The number of carboxylic acid groups (broad SMARTS) is 1. The van der Waals surface area contributed by atoms with Crippen LogP contribution in [0.2, 0.25) is 0 Å². The van der Waals surface area contributed by atoms with Crippen molar-refractivity contribution < 1.29 is 9.90 Å². The Morgan fingerprint density at radius 3 is 2.54 bits per heavy atom. The van der Waals surface area contributed by atoms with Gasteiger partial charge in [0.05, 0.1) is 11.7 Å². The highest BCUT2D eigenvalue weighted by molar-refractivity contribution is 7.98.